The molecule has 2 aliphatic rings. The third-order valence-electron chi connectivity index (χ3n) is 9.11. The average molecular weight is 677 g/mol. The Bertz CT molecular complexity index is 1760. The maximum atomic E-state index is 13.8. The van der Waals surface area contributed by atoms with Crippen LogP contribution in [0, 0.1) is 16.7 Å². The van der Waals surface area contributed by atoms with Crippen LogP contribution in [0.4, 0.5) is 11.4 Å². The molecule has 5 N–H and O–H groups in total. The third kappa shape index (κ3) is 8.64. The molecule has 1 atom stereocenters. The highest BCUT2D eigenvalue weighted by atomic mass is 16.5. The number of carbonyl (C=O) groups is 2. The molecule has 262 valence electrons. The number of aliphatic imine (C=N–C) groups is 1. The van der Waals surface area contributed by atoms with Crippen molar-refractivity contribution in [3.05, 3.63) is 95.1 Å². The van der Waals surface area contributed by atoms with Crippen molar-refractivity contribution in [1.29, 1.82) is 10.8 Å². The average Bonchev–Trinajstić information content (AvgIpc) is 3.60. The molecule has 11 heteroatoms. The Morgan fingerprint density at radius 1 is 1.06 bits per heavy atom. The zero-order chi connectivity index (χ0) is 35.8. The number of benzene rings is 3. The molecule has 0 radical (unpaired) electrons. The first-order chi connectivity index (χ1) is 24.1. The van der Waals surface area contributed by atoms with E-state index < -0.39 is 0 Å². The standard InChI is InChI=1S/C39H48N8O3/c1-5-47(32-12-15-35(40)34(22-32)37(41)29-10-13-33(14-11-29)50-26(2)3)39(49)31-16-19-45(23-31)24-36(48)46-20-17-28(18-21-46)27-6-8-30(9-7-27)38(42)44-25-43-4/h6-15,17,22,25-26,31,41H,5,16,18-21,23-24,40H2,1-4H3,(H2,42,43,44)/t31-/m1/s1. The van der Waals surface area contributed by atoms with Crippen LogP contribution in [0.15, 0.2) is 77.8 Å². The van der Waals surface area contributed by atoms with Crippen molar-refractivity contribution < 1.29 is 14.3 Å². The van der Waals surface area contributed by atoms with Crippen LogP contribution in [0.3, 0.4) is 0 Å². The van der Waals surface area contributed by atoms with Crippen LogP contribution in [-0.2, 0) is 9.59 Å². The summed E-state index contributed by atoms with van der Waals surface area (Å²) in [5.41, 5.74) is 12.1. The molecule has 2 amide bonds. The molecule has 11 nitrogen and oxygen atoms in total. The first kappa shape index (κ1) is 36.0. The lowest BCUT2D eigenvalue weighted by Gasteiger charge is -2.29. The van der Waals surface area contributed by atoms with E-state index >= 15 is 0 Å². The minimum Gasteiger partial charge on any atom is -0.491 e. The molecule has 5 rings (SSSR count). The van der Waals surface area contributed by atoms with Crippen molar-refractivity contribution >= 4 is 46.6 Å². The summed E-state index contributed by atoms with van der Waals surface area (Å²) < 4.78 is 5.74. The number of hydrogen-bond donors (Lipinski definition) is 4. The van der Waals surface area contributed by atoms with Crippen LogP contribution in [-0.4, -0.2) is 91.9 Å². The van der Waals surface area contributed by atoms with E-state index in [1.54, 1.807) is 18.0 Å². The fourth-order valence-corrected chi connectivity index (χ4v) is 6.42. The van der Waals surface area contributed by atoms with Gasteiger partial charge in [-0.2, -0.15) is 0 Å². The van der Waals surface area contributed by atoms with Crippen LogP contribution in [0.1, 0.15) is 55.9 Å². The van der Waals surface area contributed by atoms with Crippen molar-refractivity contribution in [3.8, 4) is 5.75 Å². The van der Waals surface area contributed by atoms with Gasteiger partial charge in [-0.1, -0.05) is 30.3 Å². The molecule has 50 heavy (non-hydrogen) atoms. The highest BCUT2D eigenvalue weighted by molar-refractivity contribution is 6.14. The lowest BCUT2D eigenvalue weighted by Crippen LogP contribution is -2.42. The summed E-state index contributed by atoms with van der Waals surface area (Å²) in [5.74, 6) is 0.791. The Hall–Kier alpha value is -5.29. The zero-order valence-corrected chi connectivity index (χ0v) is 29.4. The second kappa shape index (κ2) is 16.4. The van der Waals surface area contributed by atoms with E-state index in [1.165, 1.54) is 11.9 Å². The molecule has 0 bridgehead atoms. The van der Waals surface area contributed by atoms with Gasteiger partial charge < -0.3 is 25.6 Å². The van der Waals surface area contributed by atoms with Gasteiger partial charge in [0.05, 0.1) is 30.6 Å². The van der Waals surface area contributed by atoms with Crippen LogP contribution >= 0.6 is 0 Å². The lowest BCUT2D eigenvalue weighted by atomic mass is 9.98. The molecular formula is C39H48N8O3. The molecule has 2 heterocycles. The topological polar surface area (TPSA) is 151 Å². The molecule has 3 aromatic rings. The quantitative estimate of drug-likeness (QED) is 0.120. The van der Waals surface area contributed by atoms with E-state index in [4.69, 9.17) is 21.3 Å². The first-order valence-corrected chi connectivity index (χ1v) is 17.2. The Morgan fingerprint density at radius 3 is 2.42 bits per heavy atom. The Kier molecular flexibility index (Phi) is 11.8. The molecule has 3 aromatic carbocycles. The van der Waals surface area contributed by atoms with Gasteiger partial charge in [0.25, 0.3) is 0 Å². The summed E-state index contributed by atoms with van der Waals surface area (Å²) in [4.78, 5) is 36.9. The van der Waals surface area contributed by atoms with Crippen LogP contribution < -0.4 is 20.7 Å². The van der Waals surface area contributed by atoms with Gasteiger partial charge in [-0.3, -0.25) is 25.3 Å². The van der Waals surface area contributed by atoms with Crippen LogP contribution in [0.5, 0.6) is 5.75 Å². The van der Waals surface area contributed by atoms with E-state index in [9.17, 15) is 9.59 Å². The summed E-state index contributed by atoms with van der Waals surface area (Å²) in [5, 5.41) is 19.7. The van der Waals surface area contributed by atoms with Gasteiger partial charge in [0.2, 0.25) is 11.8 Å². The highest BCUT2D eigenvalue weighted by Gasteiger charge is 2.33. The van der Waals surface area contributed by atoms with E-state index in [1.807, 2.05) is 86.3 Å². The van der Waals surface area contributed by atoms with Crippen molar-refractivity contribution in [2.75, 3.05) is 56.9 Å². The number of carbonyl (C=O) groups excluding carboxylic acids is 2. The van der Waals surface area contributed by atoms with Crippen LogP contribution in [0.2, 0.25) is 0 Å². The van der Waals surface area contributed by atoms with E-state index in [0.717, 1.165) is 23.3 Å². The predicted molar refractivity (Wildman–Crippen MR) is 202 cm³/mol. The number of likely N-dealkylation sites (tertiary alicyclic amines) is 1. The number of rotatable bonds is 12. The highest BCUT2D eigenvalue weighted by Crippen LogP contribution is 2.28. The SMILES string of the molecule is CCN(C(=O)[C@@H]1CCN(CC(=O)N2CC=C(c3ccc(C(=N)/N=C\NC)cc3)CC2)C1)c1ccc(N)c(C(=N)c2ccc(OC(C)C)cc2)c1. The summed E-state index contributed by atoms with van der Waals surface area (Å²) in [6, 6.07) is 20.6. The largest absolute Gasteiger partial charge is 0.491 e. The molecular weight excluding hydrogens is 628 g/mol. The van der Waals surface area contributed by atoms with Crippen LogP contribution in [0.25, 0.3) is 5.57 Å². The molecule has 1 saturated heterocycles. The fourth-order valence-electron chi connectivity index (χ4n) is 6.42. The second-order valence-corrected chi connectivity index (χ2v) is 12.9. The smallest absolute Gasteiger partial charge is 0.237 e. The number of nitrogens with zero attached hydrogens (tertiary/aromatic N) is 4. The maximum Gasteiger partial charge on any atom is 0.237 e. The maximum absolute atomic E-state index is 13.8. The van der Waals surface area contributed by atoms with Gasteiger partial charge in [-0.05, 0) is 93.8 Å². The lowest BCUT2D eigenvalue weighted by molar-refractivity contribution is -0.132. The van der Waals surface area contributed by atoms with Crippen molar-refractivity contribution in [2.24, 2.45) is 10.9 Å². The fraction of sp³-hybridized carbons (Fsp3) is 0.359. The van der Waals surface area contributed by atoms with Gasteiger partial charge >= 0.3 is 0 Å². The number of amides is 2. The number of nitrogens with one attached hydrogen (secondary N) is 3. The minimum absolute atomic E-state index is 0.0143. The number of amidine groups is 1. The molecule has 0 spiro atoms. The number of nitrogen functional groups attached to an aromatic ring is 1. The first-order valence-electron chi connectivity index (χ1n) is 17.2. The Morgan fingerprint density at radius 2 is 1.78 bits per heavy atom. The predicted octanol–water partition coefficient (Wildman–Crippen LogP) is 5.04. The van der Waals surface area contributed by atoms with Gasteiger partial charge in [-0.25, -0.2) is 4.99 Å². The van der Waals surface area contributed by atoms with Gasteiger partial charge in [0.15, 0.2) is 5.84 Å². The number of anilines is 2. The molecule has 0 unspecified atom stereocenters. The number of ether oxygens (including phenoxy) is 1. The monoisotopic (exact) mass is 676 g/mol. The molecule has 0 aromatic heterocycles. The molecule has 0 saturated carbocycles. The third-order valence-corrected chi connectivity index (χ3v) is 9.11. The Balaban J connectivity index is 1.16. The van der Waals surface area contributed by atoms with E-state index in [0.29, 0.717) is 61.6 Å². The van der Waals surface area contributed by atoms with Crippen molar-refractivity contribution in [3.63, 3.8) is 0 Å². The number of nitrogens with two attached hydrogens (primary N) is 1. The van der Waals surface area contributed by atoms with Crippen molar-refractivity contribution in [1.82, 2.24) is 15.1 Å². The molecule has 2 aliphatic heterocycles. The minimum atomic E-state index is -0.224. The van der Waals surface area contributed by atoms with E-state index in [-0.39, 0.29) is 41.9 Å². The number of hydrogen-bond acceptors (Lipinski definition) is 7. The summed E-state index contributed by atoms with van der Waals surface area (Å²) in [7, 11) is 1.74. The second-order valence-electron chi connectivity index (χ2n) is 12.9. The van der Waals surface area contributed by atoms with Gasteiger partial charge in [0, 0.05) is 61.3 Å². The van der Waals surface area contributed by atoms with Gasteiger partial charge in [0.1, 0.15) is 5.75 Å². The zero-order valence-electron chi connectivity index (χ0n) is 29.4. The summed E-state index contributed by atoms with van der Waals surface area (Å²) in [6.45, 7) is 9.03. The summed E-state index contributed by atoms with van der Waals surface area (Å²) >= 11 is 0. The van der Waals surface area contributed by atoms with E-state index in [2.05, 4.69) is 21.3 Å². The Labute approximate surface area is 294 Å². The molecule has 0 aliphatic carbocycles. The molecule has 1 fully saturated rings. The summed E-state index contributed by atoms with van der Waals surface area (Å²) in [6.07, 6.45) is 5.09. The van der Waals surface area contributed by atoms with Gasteiger partial charge in [-0.15, -0.1) is 0 Å². The normalized spacial score (nSPS) is 16.4. The van der Waals surface area contributed by atoms with Crippen molar-refractivity contribution in [2.45, 2.75) is 39.7 Å².